The summed E-state index contributed by atoms with van der Waals surface area (Å²) in [5, 5.41) is 2.93. The van der Waals surface area contributed by atoms with Crippen LogP contribution in [0, 0.1) is 13.8 Å². The van der Waals surface area contributed by atoms with Gasteiger partial charge in [-0.25, -0.2) is 9.97 Å². The van der Waals surface area contributed by atoms with Gasteiger partial charge in [-0.1, -0.05) is 19.1 Å². The minimum Gasteiger partial charge on any atom is -0.497 e. The molecule has 3 N–H and O–H groups in total. The molecule has 0 spiro atoms. The molecule has 23 heavy (non-hydrogen) atoms. The van der Waals surface area contributed by atoms with Crippen LogP contribution < -0.4 is 15.8 Å². The average Bonchev–Trinajstić information content (AvgIpc) is 2.51. The van der Waals surface area contributed by atoms with Crippen LogP contribution in [0.5, 0.6) is 5.75 Å². The lowest BCUT2D eigenvalue weighted by Crippen LogP contribution is -2.25. The van der Waals surface area contributed by atoms with Crippen molar-refractivity contribution in [3.63, 3.8) is 0 Å². The monoisotopic (exact) mass is 313 g/mol. The Morgan fingerprint density at radius 1 is 1.22 bits per heavy atom. The summed E-state index contributed by atoms with van der Waals surface area (Å²) in [6.07, 6.45) is 0. The van der Waals surface area contributed by atoms with Gasteiger partial charge in [0.05, 0.1) is 7.11 Å². The van der Waals surface area contributed by atoms with Crippen LogP contribution in [0.4, 0.5) is 5.95 Å². The third-order valence-electron chi connectivity index (χ3n) is 3.44. The van der Waals surface area contributed by atoms with E-state index in [2.05, 4.69) is 27.2 Å². The maximum atomic E-state index is 5.92. The highest BCUT2D eigenvalue weighted by atomic mass is 16.5. The number of aliphatic imine (C=N–C) groups is 1. The molecule has 2 aromatic rings. The van der Waals surface area contributed by atoms with Gasteiger partial charge in [0.25, 0.3) is 0 Å². The van der Waals surface area contributed by atoms with Crippen molar-refractivity contribution >= 4 is 11.9 Å². The number of anilines is 1. The lowest BCUT2D eigenvalue weighted by Gasteiger charge is -2.11. The summed E-state index contributed by atoms with van der Waals surface area (Å²) in [5.41, 5.74) is 8.88. The topological polar surface area (TPSA) is 85.4 Å². The summed E-state index contributed by atoms with van der Waals surface area (Å²) in [5.74, 6) is 1.88. The number of aryl methyl sites for hydroxylation is 2. The smallest absolute Gasteiger partial charge is 0.229 e. The van der Waals surface area contributed by atoms with Gasteiger partial charge >= 0.3 is 0 Å². The fraction of sp³-hybridized carbons (Fsp3) is 0.353. The van der Waals surface area contributed by atoms with Crippen LogP contribution in [0.3, 0.4) is 0 Å². The fourth-order valence-electron chi connectivity index (χ4n) is 2.21. The van der Waals surface area contributed by atoms with Crippen molar-refractivity contribution in [1.29, 1.82) is 0 Å². The number of aromatic nitrogens is 2. The molecule has 0 aliphatic rings. The molecule has 0 amide bonds. The molecule has 0 aliphatic heterocycles. The van der Waals surface area contributed by atoms with Gasteiger partial charge in [0, 0.05) is 23.9 Å². The summed E-state index contributed by atoms with van der Waals surface area (Å²) in [7, 11) is 1.66. The highest BCUT2D eigenvalue weighted by Crippen LogP contribution is 2.19. The molecular formula is C17H23N5O. The third-order valence-corrected chi connectivity index (χ3v) is 3.44. The predicted octanol–water partition coefficient (Wildman–Crippen LogP) is 2.63. The molecular weight excluding hydrogens is 290 g/mol. The molecule has 6 nitrogen and oxygen atoms in total. The van der Waals surface area contributed by atoms with Crippen molar-refractivity contribution in [3.05, 3.63) is 47.3 Å². The van der Waals surface area contributed by atoms with Gasteiger partial charge in [-0.3, -0.25) is 10.3 Å². The molecule has 1 heterocycles. The Bertz CT molecular complexity index is 662. The molecule has 0 saturated carbocycles. The van der Waals surface area contributed by atoms with Crippen molar-refractivity contribution < 1.29 is 4.74 Å². The van der Waals surface area contributed by atoms with Gasteiger partial charge in [0.1, 0.15) is 5.75 Å². The van der Waals surface area contributed by atoms with E-state index in [0.717, 1.165) is 17.1 Å². The average molecular weight is 313 g/mol. The first-order chi connectivity index (χ1) is 11.0. The van der Waals surface area contributed by atoms with Crippen molar-refractivity contribution in [1.82, 2.24) is 9.97 Å². The Hall–Kier alpha value is -2.63. The first kappa shape index (κ1) is 16.7. The summed E-state index contributed by atoms with van der Waals surface area (Å²) in [6.45, 7) is 6.51. The molecule has 1 aromatic heterocycles. The highest BCUT2D eigenvalue weighted by molar-refractivity contribution is 5.90. The van der Waals surface area contributed by atoms with Gasteiger partial charge in [-0.15, -0.1) is 0 Å². The van der Waals surface area contributed by atoms with Gasteiger partial charge in [-0.2, -0.15) is 0 Å². The summed E-state index contributed by atoms with van der Waals surface area (Å²) in [6, 6.07) is 9.87. The van der Waals surface area contributed by atoms with E-state index in [0.29, 0.717) is 18.5 Å². The second-order valence-electron chi connectivity index (χ2n) is 5.50. The molecule has 0 aliphatic carbocycles. The maximum absolute atomic E-state index is 5.92. The number of methoxy groups -OCH3 is 1. The summed E-state index contributed by atoms with van der Waals surface area (Å²) < 4.78 is 5.16. The zero-order chi connectivity index (χ0) is 16.8. The molecule has 0 bridgehead atoms. The Labute approximate surface area is 136 Å². The molecule has 122 valence electrons. The second kappa shape index (κ2) is 7.58. The number of guanidine groups is 1. The Balaban J connectivity index is 1.97. The first-order valence-electron chi connectivity index (χ1n) is 7.51. The fourth-order valence-corrected chi connectivity index (χ4v) is 2.21. The van der Waals surface area contributed by atoms with E-state index in [1.807, 2.05) is 44.2 Å². The van der Waals surface area contributed by atoms with Crippen LogP contribution in [0.15, 0.2) is 35.3 Å². The number of nitrogens with one attached hydrogen (secondary N) is 1. The number of hydrogen-bond acceptors (Lipinski definition) is 4. The minimum atomic E-state index is 0.251. The van der Waals surface area contributed by atoms with Crippen molar-refractivity contribution in [2.24, 2.45) is 10.7 Å². The summed E-state index contributed by atoms with van der Waals surface area (Å²) >= 11 is 0. The standard InChI is InChI=1S/C17H23N5O/c1-11(14-5-7-15(23-4)8-6-14)10-19-16(18)22-17-20-12(2)9-13(3)21-17/h5-9,11H,10H2,1-4H3,(H3,18,19,20,21,22). The van der Waals surface area contributed by atoms with E-state index in [1.54, 1.807) is 7.11 Å². The SMILES string of the molecule is COc1ccc(C(C)CN=C(N)Nc2nc(C)cc(C)n2)cc1. The van der Waals surface area contributed by atoms with Crippen LogP contribution >= 0.6 is 0 Å². The van der Waals surface area contributed by atoms with E-state index in [1.165, 1.54) is 5.56 Å². The number of ether oxygens (including phenoxy) is 1. The van der Waals surface area contributed by atoms with Crippen LogP contribution in [-0.2, 0) is 0 Å². The van der Waals surface area contributed by atoms with Gasteiger partial charge < -0.3 is 10.5 Å². The first-order valence-corrected chi connectivity index (χ1v) is 7.51. The van der Waals surface area contributed by atoms with Gasteiger partial charge in [-0.05, 0) is 37.6 Å². The second-order valence-corrected chi connectivity index (χ2v) is 5.50. The molecule has 0 saturated heterocycles. The van der Waals surface area contributed by atoms with Crippen LogP contribution in [0.25, 0.3) is 0 Å². The van der Waals surface area contributed by atoms with Gasteiger partial charge in [0.2, 0.25) is 5.95 Å². The third kappa shape index (κ3) is 4.95. The molecule has 1 aromatic carbocycles. The number of rotatable bonds is 5. The lowest BCUT2D eigenvalue weighted by atomic mass is 10.0. The Morgan fingerprint density at radius 2 is 1.83 bits per heavy atom. The maximum Gasteiger partial charge on any atom is 0.229 e. The Morgan fingerprint density at radius 3 is 2.39 bits per heavy atom. The number of nitrogens with two attached hydrogens (primary N) is 1. The van der Waals surface area contributed by atoms with E-state index >= 15 is 0 Å². The highest BCUT2D eigenvalue weighted by Gasteiger charge is 2.06. The van der Waals surface area contributed by atoms with Crippen LogP contribution in [-0.4, -0.2) is 29.6 Å². The van der Waals surface area contributed by atoms with Crippen LogP contribution in [0.2, 0.25) is 0 Å². The predicted molar refractivity (Wildman–Crippen MR) is 93.0 cm³/mol. The normalized spacial score (nSPS) is 12.8. The van der Waals surface area contributed by atoms with E-state index in [9.17, 15) is 0 Å². The van der Waals surface area contributed by atoms with Crippen molar-refractivity contribution in [2.45, 2.75) is 26.7 Å². The van der Waals surface area contributed by atoms with Crippen LogP contribution in [0.1, 0.15) is 29.8 Å². The minimum absolute atomic E-state index is 0.251. The number of nitrogens with zero attached hydrogens (tertiary/aromatic N) is 3. The summed E-state index contributed by atoms with van der Waals surface area (Å²) in [4.78, 5) is 12.9. The van der Waals surface area contributed by atoms with Gasteiger partial charge in [0.15, 0.2) is 5.96 Å². The van der Waals surface area contributed by atoms with Crippen molar-refractivity contribution in [2.75, 3.05) is 19.0 Å². The van der Waals surface area contributed by atoms with Crippen molar-refractivity contribution in [3.8, 4) is 5.75 Å². The van der Waals surface area contributed by atoms with E-state index < -0.39 is 0 Å². The molecule has 6 heteroatoms. The zero-order valence-electron chi connectivity index (χ0n) is 14.0. The van der Waals surface area contributed by atoms with E-state index in [-0.39, 0.29) is 5.92 Å². The molecule has 2 rings (SSSR count). The zero-order valence-corrected chi connectivity index (χ0v) is 14.0. The number of benzene rings is 1. The molecule has 0 radical (unpaired) electrons. The molecule has 0 fully saturated rings. The lowest BCUT2D eigenvalue weighted by molar-refractivity contribution is 0.414. The molecule has 1 atom stereocenters. The Kier molecular flexibility index (Phi) is 5.51. The molecule has 1 unspecified atom stereocenters. The number of hydrogen-bond donors (Lipinski definition) is 2. The largest absolute Gasteiger partial charge is 0.497 e. The quantitative estimate of drug-likeness (QED) is 0.654. The van der Waals surface area contributed by atoms with E-state index in [4.69, 9.17) is 10.5 Å².